The van der Waals surface area contributed by atoms with Crippen molar-refractivity contribution in [2.24, 2.45) is 0 Å². The molecule has 3 nitrogen and oxygen atoms in total. The average Bonchev–Trinajstić information content (AvgIpc) is 2.32. The van der Waals surface area contributed by atoms with E-state index in [1.165, 1.54) is 0 Å². The SMILES string of the molecule is CN1CCCC(CO)(Nc2ccc(Br)cc2)C1. The molecule has 1 heterocycles. The first-order valence-electron chi connectivity index (χ1n) is 5.97. The van der Waals surface area contributed by atoms with Crippen molar-refractivity contribution in [3.63, 3.8) is 0 Å². The number of benzene rings is 1. The van der Waals surface area contributed by atoms with Gasteiger partial charge in [0.2, 0.25) is 0 Å². The molecule has 1 aromatic rings. The van der Waals surface area contributed by atoms with E-state index in [1.807, 2.05) is 24.3 Å². The van der Waals surface area contributed by atoms with Crippen LogP contribution in [0.15, 0.2) is 28.7 Å². The Balaban J connectivity index is 2.10. The van der Waals surface area contributed by atoms with Crippen molar-refractivity contribution in [3.05, 3.63) is 28.7 Å². The van der Waals surface area contributed by atoms with Crippen molar-refractivity contribution in [1.82, 2.24) is 4.90 Å². The lowest BCUT2D eigenvalue weighted by molar-refractivity contribution is 0.124. The number of aliphatic hydroxyl groups is 1. The highest BCUT2D eigenvalue weighted by atomic mass is 79.9. The Morgan fingerprint density at radius 3 is 2.71 bits per heavy atom. The second-order valence-electron chi connectivity index (χ2n) is 4.91. The second-order valence-corrected chi connectivity index (χ2v) is 5.83. The standard InChI is InChI=1S/C13H19BrN2O/c1-16-8-2-7-13(9-16,10-17)15-12-5-3-11(14)4-6-12/h3-6,15,17H,2,7-10H2,1H3. The molecule has 2 N–H and O–H groups in total. The third-order valence-electron chi connectivity index (χ3n) is 3.32. The summed E-state index contributed by atoms with van der Waals surface area (Å²) in [5.41, 5.74) is 0.874. The molecule has 0 aliphatic carbocycles. The molecular weight excluding hydrogens is 280 g/mol. The van der Waals surface area contributed by atoms with Crippen LogP contribution < -0.4 is 5.32 Å². The molecule has 0 aromatic heterocycles. The van der Waals surface area contributed by atoms with Crippen molar-refractivity contribution in [2.45, 2.75) is 18.4 Å². The Kier molecular flexibility index (Phi) is 4.07. The van der Waals surface area contributed by atoms with Crippen molar-refractivity contribution in [2.75, 3.05) is 32.1 Å². The Morgan fingerprint density at radius 2 is 2.12 bits per heavy atom. The number of nitrogens with one attached hydrogen (secondary N) is 1. The van der Waals surface area contributed by atoms with Crippen LogP contribution in [0.1, 0.15) is 12.8 Å². The quantitative estimate of drug-likeness (QED) is 0.899. The van der Waals surface area contributed by atoms with E-state index in [0.717, 1.165) is 36.1 Å². The molecule has 1 aromatic carbocycles. The molecular formula is C13H19BrN2O. The van der Waals surface area contributed by atoms with Crippen LogP contribution in [-0.4, -0.2) is 42.3 Å². The number of anilines is 1. The monoisotopic (exact) mass is 298 g/mol. The summed E-state index contributed by atoms with van der Waals surface area (Å²) in [6, 6.07) is 8.10. The molecule has 1 fully saturated rings. The summed E-state index contributed by atoms with van der Waals surface area (Å²) in [6.07, 6.45) is 2.14. The molecule has 1 unspecified atom stereocenters. The number of rotatable bonds is 3. The molecule has 0 bridgehead atoms. The highest BCUT2D eigenvalue weighted by Crippen LogP contribution is 2.25. The summed E-state index contributed by atoms with van der Waals surface area (Å²) in [4.78, 5) is 2.27. The van der Waals surface area contributed by atoms with Gasteiger partial charge in [-0.1, -0.05) is 15.9 Å². The molecule has 0 radical (unpaired) electrons. The molecule has 1 atom stereocenters. The van der Waals surface area contributed by atoms with Gasteiger partial charge in [-0.3, -0.25) is 0 Å². The lowest BCUT2D eigenvalue weighted by Gasteiger charge is -2.41. The fourth-order valence-electron chi connectivity index (χ4n) is 2.47. The van der Waals surface area contributed by atoms with Gasteiger partial charge in [-0.15, -0.1) is 0 Å². The number of hydrogen-bond acceptors (Lipinski definition) is 3. The van der Waals surface area contributed by atoms with E-state index in [-0.39, 0.29) is 12.1 Å². The number of nitrogens with zero attached hydrogens (tertiary/aromatic N) is 1. The summed E-state index contributed by atoms with van der Waals surface area (Å²) in [7, 11) is 2.10. The highest BCUT2D eigenvalue weighted by Gasteiger charge is 2.33. The molecule has 94 valence electrons. The molecule has 2 rings (SSSR count). The highest BCUT2D eigenvalue weighted by molar-refractivity contribution is 9.10. The van der Waals surface area contributed by atoms with Gasteiger partial charge in [0, 0.05) is 16.7 Å². The number of likely N-dealkylation sites (N-methyl/N-ethyl adjacent to an activating group) is 1. The lowest BCUT2D eigenvalue weighted by atomic mass is 9.89. The summed E-state index contributed by atoms with van der Waals surface area (Å²) < 4.78 is 1.07. The topological polar surface area (TPSA) is 35.5 Å². The van der Waals surface area contributed by atoms with Crippen LogP contribution in [-0.2, 0) is 0 Å². The van der Waals surface area contributed by atoms with Gasteiger partial charge in [0.1, 0.15) is 0 Å². The minimum atomic E-state index is -0.194. The summed E-state index contributed by atoms with van der Waals surface area (Å²) in [6.45, 7) is 2.18. The third kappa shape index (κ3) is 3.21. The molecule has 1 saturated heterocycles. The molecule has 17 heavy (non-hydrogen) atoms. The van der Waals surface area contributed by atoms with Crippen molar-refractivity contribution < 1.29 is 5.11 Å². The van der Waals surface area contributed by atoms with Crippen LogP contribution in [0.3, 0.4) is 0 Å². The van der Waals surface area contributed by atoms with Crippen LogP contribution in [0, 0.1) is 0 Å². The first-order valence-corrected chi connectivity index (χ1v) is 6.76. The number of hydrogen-bond donors (Lipinski definition) is 2. The van der Waals surface area contributed by atoms with Gasteiger partial charge >= 0.3 is 0 Å². The van der Waals surface area contributed by atoms with Crippen LogP contribution in [0.5, 0.6) is 0 Å². The summed E-state index contributed by atoms with van der Waals surface area (Å²) in [5.74, 6) is 0. The maximum Gasteiger partial charge on any atom is 0.0730 e. The largest absolute Gasteiger partial charge is 0.394 e. The van der Waals surface area contributed by atoms with Gasteiger partial charge in [0.25, 0.3) is 0 Å². The van der Waals surface area contributed by atoms with Gasteiger partial charge < -0.3 is 15.3 Å². The van der Waals surface area contributed by atoms with E-state index >= 15 is 0 Å². The van der Waals surface area contributed by atoms with Crippen molar-refractivity contribution >= 4 is 21.6 Å². The lowest BCUT2D eigenvalue weighted by Crippen LogP contribution is -2.54. The Bertz CT molecular complexity index is 368. The predicted molar refractivity (Wildman–Crippen MR) is 74.3 cm³/mol. The van der Waals surface area contributed by atoms with E-state index in [9.17, 15) is 5.11 Å². The fourth-order valence-corrected chi connectivity index (χ4v) is 2.74. The molecule has 0 saturated carbocycles. The van der Waals surface area contributed by atoms with Crippen LogP contribution in [0.4, 0.5) is 5.69 Å². The van der Waals surface area contributed by atoms with Crippen LogP contribution in [0.25, 0.3) is 0 Å². The van der Waals surface area contributed by atoms with E-state index in [1.54, 1.807) is 0 Å². The number of likely N-dealkylation sites (tertiary alicyclic amines) is 1. The Morgan fingerprint density at radius 1 is 1.41 bits per heavy atom. The summed E-state index contributed by atoms with van der Waals surface area (Å²) in [5, 5.41) is 13.2. The van der Waals surface area contributed by atoms with Crippen LogP contribution in [0.2, 0.25) is 0 Å². The zero-order valence-corrected chi connectivity index (χ0v) is 11.7. The average molecular weight is 299 g/mol. The Hall–Kier alpha value is -0.580. The predicted octanol–water partition coefficient (Wildman–Crippen LogP) is 2.32. The number of aliphatic hydroxyl groups excluding tert-OH is 1. The maximum absolute atomic E-state index is 9.68. The molecule has 0 spiro atoms. The van der Waals surface area contributed by atoms with Gasteiger partial charge in [0.05, 0.1) is 12.1 Å². The van der Waals surface area contributed by atoms with E-state index in [4.69, 9.17) is 0 Å². The second kappa shape index (κ2) is 5.38. The van der Waals surface area contributed by atoms with E-state index < -0.39 is 0 Å². The zero-order chi connectivity index (χ0) is 12.3. The van der Waals surface area contributed by atoms with Crippen molar-refractivity contribution in [3.8, 4) is 0 Å². The first-order chi connectivity index (χ1) is 8.13. The minimum absolute atomic E-state index is 0.174. The zero-order valence-electron chi connectivity index (χ0n) is 10.1. The first kappa shape index (κ1) is 12.9. The van der Waals surface area contributed by atoms with Gasteiger partial charge in [0.15, 0.2) is 0 Å². The number of piperidine rings is 1. The fraction of sp³-hybridized carbons (Fsp3) is 0.538. The smallest absolute Gasteiger partial charge is 0.0730 e. The number of halogens is 1. The minimum Gasteiger partial charge on any atom is -0.394 e. The van der Waals surface area contributed by atoms with E-state index in [2.05, 4.69) is 33.2 Å². The van der Waals surface area contributed by atoms with E-state index in [0.29, 0.717) is 0 Å². The van der Waals surface area contributed by atoms with Gasteiger partial charge in [-0.05, 0) is 50.7 Å². The normalized spacial score (nSPS) is 25.8. The maximum atomic E-state index is 9.68. The van der Waals surface area contributed by atoms with Gasteiger partial charge in [-0.2, -0.15) is 0 Å². The van der Waals surface area contributed by atoms with Crippen molar-refractivity contribution in [1.29, 1.82) is 0 Å². The molecule has 4 heteroatoms. The van der Waals surface area contributed by atoms with Gasteiger partial charge in [-0.25, -0.2) is 0 Å². The molecule has 1 aliphatic rings. The third-order valence-corrected chi connectivity index (χ3v) is 3.85. The van der Waals surface area contributed by atoms with Crippen LogP contribution >= 0.6 is 15.9 Å². The Labute approximate surface area is 111 Å². The summed E-state index contributed by atoms with van der Waals surface area (Å²) >= 11 is 3.43. The molecule has 0 amide bonds. The molecule has 1 aliphatic heterocycles.